The molecule has 1 aliphatic heterocycles. The van der Waals surface area contributed by atoms with E-state index in [4.69, 9.17) is 0 Å². The molecule has 1 saturated heterocycles. The molecule has 0 amide bonds. The van der Waals surface area contributed by atoms with Crippen molar-refractivity contribution < 1.29 is 0 Å². The van der Waals surface area contributed by atoms with E-state index in [1.165, 1.54) is 43.4 Å². The average Bonchev–Trinajstić information content (AvgIpc) is 2.60. The molecule has 1 aromatic carbocycles. The predicted octanol–water partition coefficient (Wildman–Crippen LogP) is 4.28. The Bertz CT molecular complexity index is 459. The van der Waals surface area contributed by atoms with Crippen LogP contribution in [0.15, 0.2) is 35.3 Å². The number of likely N-dealkylation sites (tertiary alicyclic amines) is 1. The fraction of sp³-hybridized carbons (Fsp3) is 0.632. The highest BCUT2D eigenvalue weighted by Gasteiger charge is 2.21. The number of piperidine rings is 1. The summed E-state index contributed by atoms with van der Waals surface area (Å²) in [5.41, 5.74) is 1.47. The number of hydrogen-bond acceptors (Lipinski definition) is 2. The summed E-state index contributed by atoms with van der Waals surface area (Å²) >= 11 is 1.93. The van der Waals surface area contributed by atoms with E-state index >= 15 is 0 Å². The number of nitrogens with zero attached hydrogens (tertiary/aromatic N) is 2. The van der Waals surface area contributed by atoms with Crippen molar-refractivity contribution in [2.24, 2.45) is 10.9 Å². The zero-order valence-corrected chi connectivity index (χ0v) is 18.2. The first-order valence-corrected chi connectivity index (χ1v) is 10.2. The summed E-state index contributed by atoms with van der Waals surface area (Å²) in [6.45, 7) is 3.29. The van der Waals surface area contributed by atoms with Crippen LogP contribution in [0.1, 0.15) is 31.2 Å². The van der Waals surface area contributed by atoms with Crippen LogP contribution in [-0.4, -0.2) is 49.6 Å². The molecule has 136 valence electrons. The van der Waals surface area contributed by atoms with Crippen LogP contribution < -0.4 is 5.32 Å². The summed E-state index contributed by atoms with van der Waals surface area (Å²) < 4.78 is 0. The van der Waals surface area contributed by atoms with Gasteiger partial charge in [-0.1, -0.05) is 30.3 Å². The van der Waals surface area contributed by atoms with Gasteiger partial charge in [0.05, 0.1) is 0 Å². The van der Waals surface area contributed by atoms with Crippen molar-refractivity contribution in [3.05, 3.63) is 35.9 Å². The Balaban J connectivity index is 0.00000288. The Morgan fingerprint density at radius 3 is 2.54 bits per heavy atom. The number of rotatable bonds is 7. The van der Waals surface area contributed by atoms with Crippen molar-refractivity contribution in [1.82, 2.24) is 10.2 Å². The lowest BCUT2D eigenvalue weighted by atomic mass is 9.90. The second-order valence-corrected chi connectivity index (χ2v) is 7.28. The molecule has 2 rings (SSSR count). The maximum atomic E-state index is 4.46. The molecule has 1 aliphatic rings. The van der Waals surface area contributed by atoms with Crippen molar-refractivity contribution in [3.8, 4) is 0 Å². The number of halogens is 1. The molecule has 5 heteroatoms. The topological polar surface area (TPSA) is 27.6 Å². The summed E-state index contributed by atoms with van der Waals surface area (Å²) in [5.74, 6) is 3.16. The second kappa shape index (κ2) is 12.9. The van der Waals surface area contributed by atoms with Crippen molar-refractivity contribution in [2.45, 2.75) is 32.1 Å². The fourth-order valence-corrected chi connectivity index (χ4v) is 3.69. The zero-order valence-electron chi connectivity index (χ0n) is 15.0. The highest BCUT2D eigenvalue weighted by molar-refractivity contribution is 14.0. The summed E-state index contributed by atoms with van der Waals surface area (Å²) in [6, 6.07) is 10.9. The van der Waals surface area contributed by atoms with Gasteiger partial charge in [-0.3, -0.25) is 4.99 Å². The lowest BCUT2D eigenvalue weighted by Crippen LogP contribution is -2.46. The second-order valence-electron chi connectivity index (χ2n) is 6.29. The minimum absolute atomic E-state index is 0. The van der Waals surface area contributed by atoms with E-state index in [9.17, 15) is 0 Å². The Hall–Kier alpha value is -0.430. The highest BCUT2D eigenvalue weighted by atomic mass is 127. The summed E-state index contributed by atoms with van der Waals surface area (Å²) in [6.07, 6.45) is 8.43. The lowest BCUT2D eigenvalue weighted by Gasteiger charge is -2.34. The average molecular weight is 461 g/mol. The monoisotopic (exact) mass is 461 g/mol. The number of guanidine groups is 1. The van der Waals surface area contributed by atoms with E-state index in [0.717, 1.165) is 31.5 Å². The lowest BCUT2D eigenvalue weighted by molar-refractivity contribution is 0.259. The van der Waals surface area contributed by atoms with Crippen LogP contribution >= 0.6 is 35.7 Å². The zero-order chi connectivity index (χ0) is 16.3. The first-order valence-electron chi connectivity index (χ1n) is 8.82. The molecule has 24 heavy (non-hydrogen) atoms. The maximum Gasteiger partial charge on any atom is 0.193 e. The molecule has 3 nitrogen and oxygen atoms in total. The third-order valence-electron chi connectivity index (χ3n) is 4.55. The van der Waals surface area contributed by atoms with Gasteiger partial charge in [0.1, 0.15) is 0 Å². The normalized spacial score (nSPS) is 15.9. The smallest absolute Gasteiger partial charge is 0.193 e. The van der Waals surface area contributed by atoms with E-state index in [1.807, 2.05) is 18.8 Å². The van der Waals surface area contributed by atoms with Gasteiger partial charge in [-0.05, 0) is 55.6 Å². The number of unbranched alkanes of at least 4 members (excludes halogenated alkanes) is 1. The molecule has 0 saturated carbocycles. The minimum Gasteiger partial charge on any atom is -0.356 e. The quantitative estimate of drug-likeness (QED) is 0.284. The van der Waals surface area contributed by atoms with Crippen molar-refractivity contribution in [2.75, 3.05) is 38.7 Å². The maximum absolute atomic E-state index is 4.46. The van der Waals surface area contributed by atoms with Crippen LogP contribution in [0.5, 0.6) is 0 Å². The molecule has 1 heterocycles. The van der Waals surface area contributed by atoms with Gasteiger partial charge in [0.15, 0.2) is 5.96 Å². The van der Waals surface area contributed by atoms with Crippen LogP contribution in [0.2, 0.25) is 0 Å². The van der Waals surface area contributed by atoms with E-state index < -0.39 is 0 Å². The van der Waals surface area contributed by atoms with Gasteiger partial charge in [0.2, 0.25) is 0 Å². The van der Waals surface area contributed by atoms with Crippen molar-refractivity contribution in [3.63, 3.8) is 0 Å². The molecular formula is C19H32IN3S. The van der Waals surface area contributed by atoms with Crippen molar-refractivity contribution in [1.29, 1.82) is 0 Å². The Labute approximate surface area is 169 Å². The third kappa shape index (κ3) is 7.64. The first-order chi connectivity index (χ1) is 11.3. The van der Waals surface area contributed by atoms with E-state index in [0.29, 0.717) is 0 Å². The Kier molecular flexibility index (Phi) is 11.6. The molecule has 0 radical (unpaired) electrons. The standard InChI is InChI=1S/C19H31N3S.HI/c1-20-19(21-12-6-7-15-23-2)22-13-10-18(11-14-22)16-17-8-4-3-5-9-17;/h3-5,8-9,18H,6-7,10-16H2,1-2H3,(H,20,21);1H. The number of aliphatic imine (C=N–C) groups is 1. The number of thioether (sulfide) groups is 1. The van der Waals surface area contributed by atoms with Gasteiger partial charge in [-0.15, -0.1) is 24.0 Å². The summed E-state index contributed by atoms with van der Waals surface area (Å²) in [4.78, 5) is 6.89. The van der Waals surface area contributed by atoms with Crippen LogP contribution in [0, 0.1) is 5.92 Å². The molecule has 0 unspecified atom stereocenters. The van der Waals surface area contributed by atoms with E-state index in [2.05, 4.69) is 51.8 Å². The summed E-state index contributed by atoms with van der Waals surface area (Å²) in [7, 11) is 1.90. The van der Waals surface area contributed by atoms with Crippen LogP contribution in [-0.2, 0) is 6.42 Å². The third-order valence-corrected chi connectivity index (χ3v) is 5.25. The minimum atomic E-state index is 0. The molecular weight excluding hydrogens is 429 g/mol. The van der Waals surface area contributed by atoms with E-state index in [-0.39, 0.29) is 24.0 Å². The molecule has 0 atom stereocenters. The number of nitrogens with one attached hydrogen (secondary N) is 1. The molecule has 1 fully saturated rings. The van der Waals surface area contributed by atoms with Crippen LogP contribution in [0.4, 0.5) is 0 Å². The van der Waals surface area contributed by atoms with Crippen LogP contribution in [0.25, 0.3) is 0 Å². The molecule has 0 bridgehead atoms. The number of hydrogen-bond donors (Lipinski definition) is 1. The molecule has 0 aromatic heterocycles. The van der Waals surface area contributed by atoms with Gasteiger partial charge >= 0.3 is 0 Å². The summed E-state index contributed by atoms with van der Waals surface area (Å²) in [5, 5.41) is 3.53. The van der Waals surface area contributed by atoms with Crippen LogP contribution in [0.3, 0.4) is 0 Å². The highest BCUT2D eigenvalue weighted by Crippen LogP contribution is 2.21. The van der Waals surface area contributed by atoms with Gasteiger partial charge in [-0.25, -0.2) is 0 Å². The molecule has 0 spiro atoms. The largest absolute Gasteiger partial charge is 0.356 e. The molecule has 1 aromatic rings. The van der Waals surface area contributed by atoms with Crippen molar-refractivity contribution >= 4 is 41.7 Å². The fourth-order valence-electron chi connectivity index (χ4n) is 3.20. The van der Waals surface area contributed by atoms with Gasteiger partial charge in [-0.2, -0.15) is 11.8 Å². The Morgan fingerprint density at radius 2 is 1.92 bits per heavy atom. The van der Waals surface area contributed by atoms with Gasteiger partial charge < -0.3 is 10.2 Å². The SMILES string of the molecule is CN=C(NCCCCSC)N1CCC(Cc2ccccc2)CC1.I. The van der Waals surface area contributed by atoms with Gasteiger partial charge in [0.25, 0.3) is 0 Å². The van der Waals surface area contributed by atoms with E-state index in [1.54, 1.807) is 0 Å². The first kappa shape index (κ1) is 21.6. The molecule has 0 aliphatic carbocycles. The van der Waals surface area contributed by atoms with Gasteiger partial charge in [0, 0.05) is 26.7 Å². The molecule has 1 N–H and O–H groups in total. The number of benzene rings is 1. The predicted molar refractivity (Wildman–Crippen MR) is 119 cm³/mol. The Morgan fingerprint density at radius 1 is 1.21 bits per heavy atom.